The van der Waals surface area contributed by atoms with Gasteiger partial charge in [0.05, 0.1) is 22.9 Å². The van der Waals surface area contributed by atoms with E-state index in [0.29, 0.717) is 50.7 Å². The summed E-state index contributed by atoms with van der Waals surface area (Å²) in [5.41, 5.74) is 0.312. The number of hydrogen-bond acceptors (Lipinski definition) is 5. The zero-order valence-corrected chi connectivity index (χ0v) is 24.8. The van der Waals surface area contributed by atoms with Crippen LogP contribution in [0.4, 0.5) is 29.3 Å². The first kappa shape index (κ1) is 31.8. The Labute approximate surface area is 249 Å². The summed E-state index contributed by atoms with van der Waals surface area (Å²) in [5, 5.41) is 12.1. The lowest BCUT2D eigenvalue weighted by Gasteiger charge is -2.35. The van der Waals surface area contributed by atoms with Crippen LogP contribution in [0, 0.1) is 11.3 Å². The van der Waals surface area contributed by atoms with Crippen LogP contribution in [-0.4, -0.2) is 60.4 Å². The van der Waals surface area contributed by atoms with E-state index in [9.17, 15) is 27.6 Å². The van der Waals surface area contributed by atoms with Gasteiger partial charge in [-0.2, -0.15) is 18.4 Å². The van der Waals surface area contributed by atoms with Crippen LogP contribution in [-0.2, 0) is 21.2 Å². The highest BCUT2D eigenvalue weighted by atomic mass is 19.4. The van der Waals surface area contributed by atoms with Gasteiger partial charge in [-0.05, 0) is 68.0 Å². The van der Waals surface area contributed by atoms with Gasteiger partial charge in [-0.1, -0.05) is 39.0 Å². The zero-order chi connectivity index (χ0) is 31.5. The summed E-state index contributed by atoms with van der Waals surface area (Å²) in [6.45, 7) is 11.2. The minimum absolute atomic E-state index is 0.105. The lowest BCUT2D eigenvalue weighted by molar-refractivity contribution is -0.138. The van der Waals surface area contributed by atoms with Gasteiger partial charge in [0.25, 0.3) is 11.8 Å². The molecule has 2 aliphatic rings. The highest BCUT2D eigenvalue weighted by molar-refractivity contribution is 6.32. The van der Waals surface area contributed by atoms with Gasteiger partial charge >= 0.3 is 12.2 Å². The number of halogens is 3. The van der Waals surface area contributed by atoms with E-state index in [0.717, 1.165) is 35.2 Å². The van der Waals surface area contributed by atoms with Crippen molar-refractivity contribution in [3.63, 3.8) is 0 Å². The number of rotatable bonds is 7. The Balaban J connectivity index is 1.27. The first-order chi connectivity index (χ1) is 20.2. The molecule has 8 nitrogen and oxygen atoms in total. The second-order valence-electron chi connectivity index (χ2n) is 11.9. The smallest absolute Gasteiger partial charge is 0.322 e. The third kappa shape index (κ3) is 7.08. The molecule has 2 heterocycles. The Bertz CT molecular complexity index is 1480. The van der Waals surface area contributed by atoms with Gasteiger partial charge in [0, 0.05) is 43.0 Å². The molecule has 0 unspecified atom stereocenters. The van der Waals surface area contributed by atoms with E-state index in [4.69, 9.17) is 5.26 Å². The molecule has 0 spiro atoms. The van der Waals surface area contributed by atoms with Crippen LogP contribution in [0.15, 0.2) is 53.6 Å². The van der Waals surface area contributed by atoms with Crippen molar-refractivity contribution >= 4 is 29.2 Å². The topological polar surface area (TPSA) is 96.8 Å². The maximum atomic E-state index is 13.4. The number of nitriles is 1. The molecular formula is C32H36F3N5O3. The molecule has 0 saturated carbocycles. The maximum Gasteiger partial charge on any atom is 0.417 e. The van der Waals surface area contributed by atoms with Crippen LogP contribution in [0.25, 0.3) is 0 Å². The van der Waals surface area contributed by atoms with Gasteiger partial charge < -0.3 is 10.2 Å². The third-order valence-corrected chi connectivity index (χ3v) is 7.91. The molecule has 2 aromatic rings. The first-order valence-corrected chi connectivity index (χ1v) is 14.3. The maximum absolute atomic E-state index is 13.4. The molecule has 4 rings (SSSR count). The first-order valence-electron chi connectivity index (χ1n) is 14.3. The van der Waals surface area contributed by atoms with E-state index < -0.39 is 29.1 Å². The molecule has 0 aromatic heterocycles. The highest BCUT2D eigenvalue weighted by Crippen LogP contribution is 2.37. The monoisotopic (exact) mass is 595 g/mol. The fourth-order valence-corrected chi connectivity index (χ4v) is 5.47. The number of benzene rings is 2. The van der Waals surface area contributed by atoms with Gasteiger partial charge in [0.2, 0.25) is 0 Å². The molecule has 0 bridgehead atoms. The Morgan fingerprint density at radius 3 is 2.26 bits per heavy atom. The number of unbranched alkanes of at least 4 members (excludes halogenated alkanes) is 1. The zero-order valence-electron chi connectivity index (χ0n) is 24.8. The number of alkyl halides is 3. The Hall–Kier alpha value is -4.17. The summed E-state index contributed by atoms with van der Waals surface area (Å²) in [7, 11) is 0. The van der Waals surface area contributed by atoms with E-state index in [1.54, 1.807) is 4.90 Å². The number of carbonyl (C=O) groups excluding carboxylic acids is 3. The van der Waals surface area contributed by atoms with E-state index in [2.05, 4.69) is 31.0 Å². The molecule has 4 amide bonds. The molecule has 2 aromatic carbocycles. The number of nitrogens with zero attached hydrogens (tertiary/aromatic N) is 4. The SMILES string of the molecule is CC1=C(CCCCN2CCN(C(=O)Nc3ccccc3C(C)(C)C)CC2)C(=O)N(c2ccc(C#N)c(C(F)(F)F)c2)C1=O. The molecule has 1 N–H and O–H groups in total. The van der Waals surface area contributed by atoms with Crippen molar-refractivity contribution in [2.45, 2.75) is 58.5 Å². The van der Waals surface area contributed by atoms with Crippen LogP contribution in [0.5, 0.6) is 0 Å². The van der Waals surface area contributed by atoms with E-state index in [1.807, 2.05) is 24.3 Å². The summed E-state index contributed by atoms with van der Waals surface area (Å²) >= 11 is 0. The van der Waals surface area contributed by atoms with Crippen molar-refractivity contribution in [1.29, 1.82) is 5.26 Å². The molecule has 0 radical (unpaired) electrons. The molecule has 2 aliphatic heterocycles. The standard InChI is InChI=1S/C32H36F3N5O3/c1-21-24(29(42)40(28(21)41)23-13-12-22(20-36)26(19-23)32(33,34)35)9-7-8-14-38-15-17-39(18-16-38)30(43)37-27-11-6-5-10-25(27)31(2,3)4/h5-6,10-13,19H,7-9,14-18H2,1-4H3,(H,37,43). The number of hydrogen-bond donors (Lipinski definition) is 1. The van der Waals surface area contributed by atoms with Gasteiger partial charge in [0.1, 0.15) is 0 Å². The van der Waals surface area contributed by atoms with Crippen LogP contribution in [0.3, 0.4) is 0 Å². The minimum Gasteiger partial charge on any atom is -0.322 e. The summed E-state index contributed by atoms with van der Waals surface area (Å²) in [4.78, 5) is 43.7. The summed E-state index contributed by atoms with van der Waals surface area (Å²) < 4.78 is 40.3. The van der Waals surface area contributed by atoms with Crippen molar-refractivity contribution in [1.82, 2.24) is 9.80 Å². The lowest BCUT2D eigenvalue weighted by atomic mass is 9.86. The third-order valence-electron chi connectivity index (χ3n) is 7.91. The second-order valence-corrected chi connectivity index (χ2v) is 11.9. The normalized spacial score (nSPS) is 16.6. The van der Waals surface area contributed by atoms with Crippen LogP contribution >= 0.6 is 0 Å². The number of anilines is 2. The van der Waals surface area contributed by atoms with E-state index in [1.165, 1.54) is 19.1 Å². The fraction of sp³-hybridized carbons (Fsp3) is 0.438. The lowest BCUT2D eigenvalue weighted by Crippen LogP contribution is -2.50. The molecule has 1 fully saturated rings. The molecule has 43 heavy (non-hydrogen) atoms. The van der Waals surface area contributed by atoms with E-state index >= 15 is 0 Å². The van der Waals surface area contributed by atoms with Gasteiger partial charge in [-0.15, -0.1) is 0 Å². The Morgan fingerprint density at radius 2 is 1.63 bits per heavy atom. The molecule has 0 atom stereocenters. The largest absolute Gasteiger partial charge is 0.417 e. The van der Waals surface area contributed by atoms with Crippen LogP contribution in [0.2, 0.25) is 0 Å². The summed E-state index contributed by atoms with van der Waals surface area (Å²) in [5.74, 6) is -1.29. The molecule has 1 saturated heterocycles. The van der Waals surface area contributed by atoms with E-state index in [-0.39, 0.29) is 22.7 Å². The number of para-hydroxylation sites is 1. The predicted octanol–water partition coefficient (Wildman–Crippen LogP) is 6.08. The predicted molar refractivity (Wildman–Crippen MR) is 157 cm³/mol. The van der Waals surface area contributed by atoms with Crippen molar-refractivity contribution in [2.75, 3.05) is 42.9 Å². The van der Waals surface area contributed by atoms with Gasteiger partial charge in [0.15, 0.2) is 0 Å². The summed E-state index contributed by atoms with van der Waals surface area (Å²) in [6, 6.07) is 12.0. The van der Waals surface area contributed by atoms with Crippen LogP contribution < -0.4 is 10.2 Å². The number of imide groups is 1. The van der Waals surface area contributed by atoms with Crippen molar-refractivity contribution in [3.05, 3.63) is 70.3 Å². The Morgan fingerprint density at radius 1 is 0.953 bits per heavy atom. The number of piperazine rings is 1. The van der Waals surface area contributed by atoms with Crippen LogP contribution in [0.1, 0.15) is 63.6 Å². The van der Waals surface area contributed by atoms with Gasteiger partial charge in [-0.25, -0.2) is 9.69 Å². The second kappa shape index (κ2) is 12.6. The number of urea groups is 1. The number of amides is 4. The molecular weight excluding hydrogens is 559 g/mol. The highest BCUT2D eigenvalue weighted by Gasteiger charge is 2.39. The van der Waals surface area contributed by atoms with Crippen molar-refractivity contribution in [3.8, 4) is 6.07 Å². The molecule has 11 heteroatoms. The molecule has 228 valence electrons. The Kier molecular flexibility index (Phi) is 9.30. The van der Waals surface area contributed by atoms with Crippen molar-refractivity contribution in [2.24, 2.45) is 0 Å². The quantitative estimate of drug-likeness (QED) is 0.309. The summed E-state index contributed by atoms with van der Waals surface area (Å²) in [6.07, 6.45) is -3.11. The number of nitrogens with one attached hydrogen (secondary N) is 1. The fourth-order valence-electron chi connectivity index (χ4n) is 5.47. The average molecular weight is 596 g/mol. The minimum atomic E-state index is -4.80. The van der Waals surface area contributed by atoms with Crippen molar-refractivity contribution < 1.29 is 27.6 Å². The van der Waals surface area contributed by atoms with Gasteiger partial charge in [-0.3, -0.25) is 14.5 Å². The molecule has 0 aliphatic carbocycles. The number of carbonyl (C=O) groups is 3. The average Bonchev–Trinajstić information content (AvgIpc) is 3.17.